The molecule has 36 heavy (non-hydrogen) atoms. The summed E-state index contributed by atoms with van der Waals surface area (Å²) in [5.41, 5.74) is -0.401. The number of H-pyrrole nitrogens is 2. The maximum atomic E-state index is 13.4. The van der Waals surface area contributed by atoms with Crippen molar-refractivity contribution in [3.05, 3.63) is 128 Å². The smallest absolute Gasteiger partial charge is 0.345 e. The summed E-state index contributed by atoms with van der Waals surface area (Å²) in [4.78, 5) is 47.8. The van der Waals surface area contributed by atoms with E-state index in [-0.39, 0.29) is 18.0 Å². The number of aromatic nitrogens is 5. The van der Waals surface area contributed by atoms with Gasteiger partial charge < -0.3 is 14.5 Å². The first-order chi connectivity index (χ1) is 17.5. The van der Waals surface area contributed by atoms with E-state index in [1.165, 1.54) is 12.4 Å². The Morgan fingerprint density at radius 1 is 0.833 bits per heavy atom. The van der Waals surface area contributed by atoms with Crippen LogP contribution < -0.4 is 26.5 Å². The van der Waals surface area contributed by atoms with E-state index in [4.69, 9.17) is 9.47 Å². The molecule has 5 aromatic rings. The van der Waals surface area contributed by atoms with Gasteiger partial charge in [0.2, 0.25) is 0 Å². The summed E-state index contributed by atoms with van der Waals surface area (Å²) in [5.74, 6) is 1.24. The topological polar surface area (TPSA) is 124 Å². The standard InChI is InChI=1S/C26H21N5O5/c1-17-6-5-7-19(12-17)30-24(32)29-25(33)31(26(30)34)20-10-11-22(36-21-8-3-2-4-9-21)23(13-20)35-15-18-14-27-16-28-18/h2-14,16H,15H2,1H3,(H,27,28)(H,29,32,33). The van der Waals surface area contributed by atoms with Crippen LogP contribution in [-0.2, 0) is 6.61 Å². The van der Waals surface area contributed by atoms with E-state index in [1.54, 1.807) is 48.7 Å². The van der Waals surface area contributed by atoms with Gasteiger partial charge in [-0.1, -0.05) is 30.3 Å². The first kappa shape index (κ1) is 22.7. The van der Waals surface area contributed by atoms with E-state index in [2.05, 4.69) is 15.0 Å². The van der Waals surface area contributed by atoms with Crippen molar-refractivity contribution >= 4 is 0 Å². The van der Waals surface area contributed by atoms with Crippen molar-refractivity contribution in [2.45, 2.75) is 13.5 Å². The Bertz CT molecular complexity index is 1680. The van der Waals surface area contributed by atoms with Crippen molar-refractivity contribution in [1.82, 2.24) is 24.1 Å². The minimum absolute atomic E-state index is 0.142. The summed E-state index contributed by atoms with van der Waals surface area (Å²) in [7, 11) is 0. The number of aromatic amines is 2. The quantitative estimate of drug-likeness (QED) is 0.367. The highest BCUT2D eigenvalue weighted by atomic mass is 16.5. The van der Waals surface area contributed by atoms with E-state index >= 15 is 0 Å². The molecule has 2 aromatic heterocycles. The fourth-order valence-corrected chi connectivity index (χ4v) is 3.67. The van der Waals surface area contributed by atoms with E-state index in [9.17, 15) is 14.4 Å². The van der Waals surface area contributed by atoms with Crippen LogP contribution in [0.15, 0.2) is 99.7 Å². The van der Waals surface area contributed by atoms with Crippen molar-refractivity contribution < 1.29 is 9.47 Å². The normalized spacial score (nSPS) is 10.8. The van der Waals surface area contributed by atoms with Crippen molar-refractivity contribution in [3.8, 4) is 28.6 Å². The Labute approximate surface area is 204 Å². The molecule has 0 bridgehead atoms. The predicted octanol–water partition coefficient (Wildman–Crippen LogP) is 3.08. The molecule has 0 saturated heterocycles. The molecule has 0 atom stereocenters. The van der Waals surface area contributed by atoms with E-state index < -0.39 is 17.1 Å². The zero-order valence-corrected chi connectivity index (χ0v) is 19.2. The second-order valence-electron chi connectivity index (χ2n) is 7.94. The lowest BCUT2D eigenvalue weighted by Crippen LogP contribution is -2.48. The molecule has 0 unspecified atom stereocenters. The molecule has 0 amide bonds. The second kappa shape index (κ2) is 9.63. The van der Waals surface area contributed by atoms with Gasteiger partial charge in [-0.15, -0.1) is 0 Å². The number of para-hydroxylation sites is 1. The number of aryl methyl sites for hydroxylation is 1. The van der Waals surface area contributed by atoms with Crippen molar-refractivity contribution in [2.75, 3.05) is 0 Å². The Kier molecular flexibility index (Phi) is 6.06. The van der Waals surface area contributed by atoms with Gasteiger partial charge in [0.05, 0.1) is 29.6 Å². The second-order valence-corrected chi connectivity index (χ2v) is 7.94. The van der Waals surface area contributed by atoms with Crippen LogP contribution in [0.4, 0.5) is 0 Å². The summed E-state index contributed by atoms with van der Waals surface area (Å²) in [6.07, 6.45) is 3.15. The fourth-order valence-electron chi connectivity index (χ4n) is 3.67. The van der Waals surface area contributed by atoms with Gasteiger partial charge in [0.25, 0.3) is 0 Å². The van der Waals surface area contributed by atoms with Crippen LogP contribution in [0.2, 0.25) is 0 Å². The number of nitrogens with one attached hydrogen (secondary N) is 2. The van der Waals surface area contributed by atoms with Gasteiger partial charge >= 0.3 is 17.1 Å². The average molecular weight is 483 g/mol. The Hall–Kier alpha value is -5.12. The summed E-state index contributed by atoms with van der Waals surface area (Å²) in [6, 6.07) is 20.6. The molecule has 10 heteroatoms. The van der Waals surface area contributed by atoms with Gasteiger partial charge in [0, 0.05) is 6.07 Å². The molecule has 3 aromatic carbocycles. The molecule has 0 aliphatic carbocycles. The summed E-state index contributed by atoms with van der Waals surface area (Å²) >= 11 is 0. The van der Waals surface area contributed by atoms with Crippen LogP contribution in [0, 0.1) is 6.92 Å². The van der Waals surface area contributed by atoms with Crippen molar-refractivity contribution in [1.29, 1.82) is 0 Å². The maximum absolute atomic E-state index is 13.4. The molecule has 2 N–H and O–H groups in total. The van der Waals surface area contributed by atoms with Crippen molar-refractivity contribution in [2.24, 2.45) is 0 Å². The minimum Gasteiger partial charge on any atom is -0.483 e. The molecule has 10 nitrogen and oxygen atoms in total. The largest absolute Gasteiger partial charge is 0.483 e. The summed E-state index contributed by atoms with van der Waals surface area (Å²) < 4.78 is 13.7. The molecule has 0 fully saturated rings. The van der Waals surface area contributed by atoms with Crippen LogP contribution in [0.5, 0.6) is 17.2 Å². The minimum atomic E-state index is -0.870. The fraction of sp³-hybridized carbons (Fsp3) is 0.0769. The number of imidazole rings is 1. The SMILES string of the molecule is Cc1cccc(-n2c(=O)[nH]c(=O)n(-c3ccc(Oc4ccccc4)c(OCc4cnc[nH]4)c3)c2=O)c1. The summed E-state index contributed by atoms with van der Waals surface area (Å²) in [6.45, 7) is 1.98. The van der Waals surface area contributed by atoms with Gasteiger partial charge in [-0.3, -0.25) is 4.98 Å². The molecule has 0 saturated carbocycles. The van der Waals surface area contributed by atoms with E-state index in [0.717, 1.165) is 14.7 Å². The highest BCUT2D eigenvalue weighted by Crippen LogP contribution is 2.33. The number of rotatable bonds is 7. The number of ether oxygens (including phenoxy) is 2. The molecule has 0 spiro atoms. The number of hydrogen-bond acceptors (Lipinski definition) is 6. The Morgan fingerprint density at radius 3 is 2.28 bits per heavy atom. The van der Waals surface area contributed by atoms with Gasteiger partial charge in [-0.05, 0) is 48.9 Å². The molecule has 0 aliphatic heterocycles. The average Bonchev–Trinajstić information content (AvgIpc) is 3.38. The first-order valence-electron chi connectivity index (χ1n) is 11.0. The molecular formula is C26H21N5O5. The molecule has 180 valence electrons. The van der Waals surface area contributed by atoms with Crippen LogP contribution in [0.3, 0.4) is 0 Å². The van der Waals surface area contributed by atoms with Gasteiger partial charge in [-0.25, -0.2) is 28.5 Å². The van der Waals surface area contributed by atoms with Crippen LogP contribution in [0.1, 0.15) is 11.3 Å². The highest BCUT2D eigenvalue weighted by Gasteiger charge is 2.16. The Balaban J connectivity index is 1.61. The van der Waals surface area contributed by atoms with Crippen LogP contribution in [-0.4, -0.2) is 24.1 Å². The third-order valence-electron chi connectivity index (χ3n) is 5.36. The molecule has 2 heterocycles. The van der Waals surface area contributed by atoms with Crippen LogP contribution >= 0.6 is 0 Å². The summed E-state index contributed by atoms with van der Waals surface area (Å²) in [5, 5.41) is 0. The number of benzene rings is 3. The molecule has 0 radical (unpaired) electrons. The van der Waals surface area contributed by atoms with Gasteiger partial charge in [-0.2, -0.15) is 0 Å². The Morgan fingerprint density at radius 2 is 1.58 bits per heavy atom. The zero-order valence-electron chi connectivity index (χ0n) is 19.2. The predicted molar refractivity (Wildman–Crippen MR) is 132 cm³/mol. The lowest BCUT2D eigenvalue weighted by molar-refractivity contribution is 0.287. The lowest BCUT2D eigenvalue weighted by Gasteiger charge is -2.15. The molecule has 0 aliphatic rings. The third kappa shape index (κ3) is 4.60. The first-order valence-corrected chi connectivity index (χ1v) is 11.0. The number of nitrogens with zero attached hydrogens (tertiary/aromatic N) is 3. The van der Waals surface area contributed by atoms with Crippen molar-refractivity contribution in [3.63, 3.8) is 0 Å². The van der Waals surface area contributed by atoms with Crippen LogP contribution in [0.25, 0.3) is 11.4 Å². The monoisotopic (exact) mass is 483 g/mol. The molecule has 5 rings (SSSR count). The zero-order chi connectivity index (χ0) is 25.1. The van der Waals surface area contributed by atoms with Gasteiger partial charge in [0.15, 0.2) is 11.5 Å². The van der Waals surface area contributed by atoms with Gasteiger partial charge in [0.1, 0.15) is 12.4 Å². The lowest BCUT2D eigenvalue weighted by atomic mass is 10.2. The maximum Gasteiger partial charge on any atom is 0.345 e. The third-order valence-corrected chi connectivity index (χ3v) is 5.36. The highest BCUT2D eigenvalue weighted by molar-refractivity contribution is 5.50. The van der Waals surface area contributed by atoms with E-state index in [1.807, 2.05) is 31.2 Å². The van der Waals surface area contributed by atoms with E-state index in [0.29, 0.717) is 22.9 Å². The molecular weight excluding hydrogens is 462 g/mol. The number of hydrogen-bond donors (Lipinski definition) is 2.